The number of amides is 2. The topological polar surface area (TPSA) is 96.3 Å². The third-order valence-corrected chi connectivity index (χ3v) is 6.19. The summed E-state index contributed by atoms with van der Waals surface area (Å²) < 4.78 is 6.64. The first-order valence-corrected chi connectivity index (χ1v) is 11.7. The number of nitrogens with one attached hydrogen (secondary N) is 3. The number of thiocarbonyl (C=S) groups is 1. The molecule has 0 aliphatic rings. The zero-order valence-corrected chi connectivity index (χ0v) is 20.5. The number of aromatic nitrogens is 1. The van der Waals surface area contributed by atoms with Gasteiger partial charge in [-0.25, -0.2) is 4.98 Å². The van der Waals surface area contributed by atoms with Gasteiger partial charge in [0.25, 0.3) is 0 Å². The van der Waals surface area contributed by atoms with Crippen LogP contribution in [0.25, 0.3) is 27.6 Å². The molecule has 172 valence electrons. The van der Waals surface area contributed by atoms with E-state index in [0.29, 0.717) is 27.4 Å². The maximum absolute atomic E-state index is 12.3. The van der Waals surface area contributed by atoms with E-state index in [2.05, 4.69) is 20.9 Å². The van der Waals surface area contributed by atoms with Crippen LogP contribution >= 0.6 is 35.2 Å². The SMILES string of the molecule is CC(=O)Nc1ccc2nc(NC(=S)NC(=O)/C=C/c3ccc(-c4ccc(C)c(Cl)c4)o3)sc2c1. The number of thiazole rings is 1. The van der Waals surface area contributed by atoms with Gasteiger partial charge in [0.15, 0.2) is 10.2 Å². The summed E-state index contributed by atoms with van der Waals surface area (Å²) in [6.07, 6.45) is 2.88. The Hall–Kier alpha value is -3.53. The van der Waals surface area contributed by atoms with Crippen LogP contribution in [0.5, 0.6) is 0 Å². The molecule has 4 aromatic rings. The van der Waals surface area contributed by atoms with Crippen molar-refractivity contribution in [3.8, 4) is 11.3 Å². The number of furan rings is 1. The van der Waals surface area contributed by atoms with E-state index in [1.54, 1.807) is 24.3 Å². The first-order chi connectivity index (χ1) is 16.3. The van der Waals surface area contributed by atoms with Gasteiger partial charge < -0.3 is 15.1 Å². The fourth-order valence-electron chi connectivity index (χ4n) is 3.04. The lowest BCUT2D eigenvalue weighted by Crippen LogP contribution is -2.32. The second-order valence-corrected chi connectivity index (χ2v) is 9.17. The normalized spacial score (nSPS) is 11.0. The van der Waals surface area contributed by atoms with Crippen LogP contribution in [-0.2, 0) is 9.59 Å². The van der Waals surface area contributed by atoms with Crippen molar-refractivity contribution in [3.63, 3.8) is 0 Å². The molecule has 2 amide bonds. The molecule has 0 atom stereocenters. The molecule has 0 unspecified atom stereocenters. The Bertz CT molecular complexity index is 1440. The minimum atomic E-state index is -0.414. The van der Waals surface area contributed by atoms with Gasteiger partial charge in [-0.3, -0.25) is 14.9 Å². The summed E-state index contributed by atoms with van der Waals surface area (Å²) in [4.78, 5) is 27.9. The van der Waals surface area contributed by atoms with E-state index in [1.807, 2.05) is 37.3 Å². The average Bonchev–Trinajstić information content (AvgIpc) is 3.40. The third-order valence-electron chi connectivity index (χ3n) is 4.65. The predicted molar refractivity (Wildman–Crippen MR) is 141 cm³/mol. The molecule has 0 saturated carbocycles. The van der Waals surface area contributed by atoms with Crippen LogP contribution in [0, 0.1) is 6.92 Å². The smallest absolute Gasteiger partial charge is 0.250 e. The Morgan fingerprint density at radius 3 is 2.71 bits per heavy atom. The number of halogens is 1. The summed E-state index contributed by atoms with van der Waals surface area (Å²) >= 11 is 12.8. The van der Waals surface area contributed by atoms with E-state index < -0.39 is 5.91 Å². The van der Waals surface area contributed by atoms with Crippen molar-refractivity contribution in [3.05, 3.63) is 71.0 Å². The van der Waals surface area contributed by atoms with Gasteiger partial charge in [-0.2, -0.15) is 0 Å². The highest BCUT2D eigenvalue weighted by atomic mass is 35.5. The molecule has 0 radical (unpaired) electrons. The Labute approximate surface area is 209 Å². The van der Waals surface area contributed by atoms with Gasteiger partial charge in [0.2, 0.25) is 11.8 Å². The molecule has 10 heteroatoms. The molecule has 3 N–H and O–H groups in total. The molecule has 4 rings (SSSR count). The molecule has 0 aliphatic heterocycles. The summed E-state index contributed by atoms with van der Waals surface area (Å²) in [6, 6.07) is 14.7. The lowest BCUT2D eigenvalue weighted by Gasteiger charge is -2.04. The van der Waals surface area contributed by atoms with E-state index in [1.165, 1.54) is 24.3 Å². The highest BCUT2D eigenvalue weighted by Gasteiger charge is 2.09. The number of rotatable bonds is 5. The van der Waals surface area contributed by atoms with Crippen molar-refractivity contribution < 1.29 is 14.0 Å². The van der Waals surface area contributed by atoms with E-state index in [0.717, 1.165) is 21.3 Å². The summed E-state index contributed by atoms with van der Waals surface area (Å²) in [5.74, 6) is 0.603. The number of aryl methyl sites for hydroxylation is 1. The Morgan fingerprint density at radius 1 is 1.12 bits per heavy atom. The highest BCUT2D eigenvalue weighted by Crippen LogP contribution is 2.29. The molecule has 0 saturated heterocycles. The maximum Gasteiger partial charge on any atom is 0.250 e. The van der Waals surface area contributed by atoms with Crippen molar-refractivity contribution in [2.75, 3.05) is 10.6 Å². The standard InChI is InChI=1S/C24H19ClN4O3S2/c1-13-3-4-15(11-18(13)25)20-9-6-17(32-20)7-10-22(31)28-23(33)29-24-27-19-8-5-16(26-14(2)30)12-21(19)34-24/h3-12H,1-2H3,(H,26,30)(H2,27,28,29,31,33)/b10-7+. The Balaban J connectivity index is 1.35. The largest absolute Gasteiger partial charge is 0.457 e. The van der Waals surface area contributed by atoms with Gasteiger partial charge in [-0.15, -0.1) is 0 Å². The Kier molecular flexibility index (Phi) is 7.06. The van der Waals surface area contributed by atoms with E-state index in [9.17, 15) is 9.59 Å². The number of anilines is 2. The van der Waals surface area contributed by atoms with Gasteiger partial charge in [-0.1, -0.05) is 35.1 Å². The first-order valence-electron chi connectivity index (χ1n) is 10.1. The Morgan fingerprint density at radius 2 is 1.94 bits per heavy atom. The molecule has 2 aromatic carbocycles. The number of nitrogens with zero attached hydrogens (tertiary/aromatic N) is 1. The van der Waals surface area contributed by atoms with Gasteiger partial charge >= 0.3 is 0 Å². The van der Waals surface area contributed by atoms with Gasteiger partial charge in [0, 0.05) is 29.3 Å². The summed E-state index contributed by atoms with van der Waals surface area (Å²) in [6.45, 7) is 3.38. The quantitative estimate of drug-likeness (QED) is 0.225. The van der Waals surface area contributed by atoms with Crippen LogP contribution in [-0.4, -0.2) is 21.9 Å². The highest BCUT2D eigenvalue weighted by molar-refractivity contribution is 7.80. The summed E-state index contributed by atoms with van der Waals surface area (Å²) in [5, 5.41) is 9.52. The molecular formula is C24H19ClN4O3S2. The number of benzene rings is 2. The summed E-state index contributed by atoms with van der Waals surface area (Å²) in [5.41, 5.74) is 3.27. The molecular weight excluding hydrogens is 492 g/mol. The number of carbonyl (C=O) groups excluding carboxylic acids is 2. The van der Waals surface area contributed by atoms with Crippen LogP contribution < -0.4 is 16.0 Å². The number of fused-ring (bicyclic) bond motifs is 1. The van der Waals surface area contributed by atoms with E-state index in [4.69, 9.17) is 28.2 Å². The van der Waals surface area contributed by atoms with Crippen molar-refractivity contribution >= 4 is 79.2 Å². The maximum atomic E-state index is 12.3. The average molecular weight is 511 g/mol. The summed E-state index contributed by atoms with van der Waals surface area (Å²) in [7, 11) is 0. The first kappa shape index (κ1) is 23.6. The molecule has 2 aromatic heterocycles. The van der Waals surface area contributed by atoms with Crippen molar-refractivity contribution in [1.29, 1.82) is 0 Å². The van der Waals surface area contributed by atoms with E-state index in [-0.39, 0.29) is 11.0 Å². The minimum Gasteiger partial charge on any atom is -0.457 e. The predicted octanol–water partition coefficient (Wildman–Crippen LogP) is 6.00. The zero-order valence-electron chi connectivity index (χ0n) is 18.1. The number of hydrogen-bond donors (Lipinski definition) is 3. The third kappa shape index (κ3) is 5.88. The molecule has 7 nitrogen and oxygen atoms in total. The molecule has 0 bridgehead atoms. The van der Waals surface area contributed by atoms with E-state index >= 15 is 0 Å². The second kappa shape index (κ2) is 10.2. The minimum absolute atomic E-state index is 0.116. The van der Waals surface area contributed by atoms with Crippen LogP contribution in [0.1, 0.15) is 18.2 Å². The number of hydrogen-bond acceptors (Lipinski definition) is 6. The fourth-order valence-corrected chi connectivity index (χ4v) is 4.39. The van der Waals surface area contributed by atoms with Crippen molar-refractivity contribution in [1.82, 2.24) is 10.3 Å². The van der Waals surface area contributed by atoms with Crippen LogP contribution in [0.2, 0.25) is 5.02 Å². The lowest BCUT2D eigenvalue weighted by molar-refractivity contribution is -0.115. The fraction of sp³-hybridized carbons (Fsp3) is 0.0833. The van der Waals surface area contributed by atoms with Crippen molar-refractivity contribution in [2.24, 2.45) is 0 Å². The second-order valence-electron chi connectivity index (χ2n) is 7.33. The molecule has 0 fully saturated rings. The molecule has 2 heterocycles. The zero-order chi connectivity index (χ0) is 24.2. The molecule has 0 spiro atoms. The van der Waals surface area contributed by atoms with Gasteiger partial charge in [-0.05, 0) is 67.2 Å². The van der Waals surface area contributed by atoms with Crippen molar-refractivity contribution in [2.45, 2.75) is 13.8 Å². The molecule has 0 aliphatic carbocycles. The number of carbonyl (C=O) groups is 2. The van der Waals surface area contributed by atoms with Crippen LogP contribution in [0.15, 0.2) is 59.0 Å². The van der Waals surface area contributed by atoms with Crippen LogP contribution in [0.4, 0.5) is 10.8 Å². The molecule has 34 heavy (non-hydrogen) atoms. The van der Waals surface area contributed by atoms with Crippen LogP contribution in [0.3, 0.4) is 0 Å². The lowest BCUT2D eigenvalue weighted by atomic mass is 10.1. The van der Waals surface area contributed by atoms with Gasteiger partial charge in [0.1, 0.15) is 11.5 Å². The van der Waals surface area contributed by atoms with Gasteiger partial charge in [0.05, 0.1) is 10.2 Å². The monoisotopic (exact) mass is 510 g/mol.